The number of hydrogen-bond acceptors (Lipinski definition) is 3. The van der Waals surface area contributed by atoms with E-state index in [9.17, 15) is 4.79 Å². The Balaban J connectivity index is 2.04. The minimum Gasteiger partial charge on any atom is -0.320 e. The van der Waals surface area contributed by atoms with Crippen LogP contribution in [0, 0.1) is 0 Å². The van der Waals surface area contributed by atoms with E-state index in [4.69, 9.17) is 17.3 Å². The van der Waals surface area contributed by atoms with Gasteiger partial charge in [0.15, 0.2) is 0 Å². The highest BCUT2D eigenvalue weighted by molar-refractivity contribution is 6.30. The molecular weight excluding hydrogens is 288 g/mol. The molecule has 0 bridgehead atoms. The van der Waals surface area contributed by atoms with E-state index >= 15 is 0 Å². The fraction of sp³-hybridized carbons (Fsp3) is 0.333. The maximum absolute atomic E-state index is 12.0. The topological polar surface area (TPSA) is 72.9 Å². The molecule has 1 aromatic heterocycles. The molecule has 2 rings (SSSR count). The Bertz CT molecular complexity index is 594. The van der Waals surface area contributed by atoms with Gasteiger partial charge in [-0.25, -0.2) is 4.68 Å². The molecule has 0 saturated carbocycles. The number of rotatable bonds is 6. The van der Waals surface area contributed by atoms with Crippen LogP contribution in [-0.4, -0.2) is 21.7 Å². The molecule has 5 nitrogen and oxygen atoms in total. The van der Waals surface area contributed by atoms with Gasteiger partial charge in [-0.05, 0) is 24.1 Å². The van der Waals surface area contributed by atoms with Gasteiger partial charge in [0, 0.05) is 11.1 Å². The van der Waals surface area contributed by atoms with Crippen molar-refractivity contribution in [3.8, 4) is 0 Å². The number of nitrogens with two attached hydrogens (primary N) is 1. The quantitative estimate of drug-likeness (QED) is 0.861. The van der Waals surface area contributed by atoms with E-state index in [1.165, 1.54) is 0 Å². The minimum atomic E-state index is -0.492. The van der Waals surface area contributed by atoms with Gasteiger partial charge in [0.25, 0.3) is 0 Å². The maximum atomic E-state index is 12.0. The summed E-state index contributed by atoms with van der Waals surface area (Å²) in [6.07, 6.45) is 3.19. The van der Waals surface area contributed by atoms with Crippen molar-refractivity contribution in [1.29, 1.82) is 0 Å². The number of nitrogens with zero attached hydrogens (tertiary/aromatic N) is 2. The third-order valence-corrected chi connectivity index (χ3v) is 3.40. The first kappa shape index (κ1) is 15.5. The monoisotopic (exact) mass is 306 g/mol. The summed E-state index contributed by atoms with van der Waals surface area (Å²) in [6, 6.07) is 8.78. The number of hydrogen-bond donors (Lipinski definition) is 2. The fourth-order valence-electron chi connectivity index (χ4n) is 1.99. The molecule has 112 valence electrons. The highest BCUT2D eigenvalue weighted by Crippen LogP contribution is 2.14. The maximum Gasteiger partial charge on any atom is 0.242 e. The minimum absolute atomic E-state index is 0.185. The number of aromatic nitrogens is 2. The van der Waals surface area contributed by atoms with Crippen molar-refractivity contribution in [2.45, 2.75) is 32.4 Å². The zero-order valence-corrected chi connectivity index (χ0v) is 12.7. The highest BCUT2D eigenvalue weighted by atomic mass is 35.5. The lowest BCUT2D eigenvalue weighted by Gasteiger charge is -2.13. The number of anilines is 1. The average molecular weight is 307 g/mol. The molecule has 1 aromatic carbocycles. The van der Waals surface area contributed by atoms with Crippen LogP contribution in [0.2, 0.25) is 5.02 Å². The Morgan fingerprint density at radius 3 is 2.76 bits per heavy atom. The number of carbonyl (C=O) groups excluding carboxylic acids is 1. The second kappa shape index (κ2) is 7.24. The zero-order chi connectivity index (χ0) is 15.2. The lowest BCUT2D eigenvalue weighted by molar-refractivity contribution is -0.117. The van der Waals surface area contributed by atoms with Crippen LogP contribution in [0.1, 0.15) is 25.3 Å². The van der Waals surface area contributed by atoms with Gasteiger partial charge in [-0.3, -0.25) is 4.79 Å². The molecule has 1 amide bonds. The van der Waals surface area contributed by atoms with Crippen LogP contribution in [0.5, 0.6) is 0 Å². The molecule has 3 N–H and O–H groups in total. The van der Waals surface area contributed by atoms with E-state index in [0.29, 0.717) is 23.8 Å². The van der Waals surface area contributed by atoms with Crippen molar-refractivity contribution in [2.75, 3.05) is 5.32 Å². The molecule has 1 atom stereocenters. The standard InChI is InChI=1S/C15H19ClN4O/c1-2-3-13(17)15(21)19-14-8-9-18-20(14)10-11-4-6-12(16)7-5-11/h4-9,13H,2-3,10,17H2,1H3,(H,19,21). The normalized spacial score (nSPS) is 12.1. The SMILES string of the molecule is CCCC(N)C(=O)Nc1ccnn1Cc1ccc(Cl)cc1. The van der Waals surface area contributed by atoms with Crippen molar-refractivity contribution in [3.63, 3.8) is 0 Å². The predicted octanol–water partition coefficient (Wildman–Crippen LogP) is 2.65. The Morgan fingerprint density at radius 1 is 1.38 bits per heavy atom. The third-order valence-electron chi connectivity index (χ3n) is 3.15. The van der Waals surface area contributed by atoms with Crippen molar-refractivity contribution in [3.05, 3.63) is 47.1 Å². The van der Waals surface area contributed by atoms with Gasteiger partial charge in [0.1, 0.15) is 5.82 Å². The number of amides is 1. The Labute approximate surface area is 129 Å². The van der Waals surface area contributed by atoms with Crippen LogP contribution in [0.4, 0.5) is 5.82 Å². The largest absolute Gasteiger partial charge is 0.320 e. The first-order valence-electron chi connectivity index (χ1n) is 6.93. The summed E-state index contributed by atoms with van der Waals surface area (Å²) in [4.78, 5) is 12.0. The lowest BCUT2D eigenvalue weighted by atomic mass is 10.2. The van der Waals surface area contributed by atoms with Crippen LogP contribution in [0.15, 0.2) is 36.5 Å². The second-order valence-electron chi connectivity index (χ2n) is 4.88. The summed E-state index contributed by atoms with van der Waals surface area (Å²) < 4.78 is 1.72. The summed E-state index contributed by atoms with van der Waals surface area (Å²) in [7, 11) is 0. The van der Waals surface area contributed by atoms with Gasteiger partial charge in [-0.1, -0.05) is 37.1 Å². The van der Waals surface area contributed by atoms with Crippen molar-refractivity contribution in [2.24, 2.45) is 5.73 Å². The Hall–Kier alpha value is -1.85. The summed E-state index contributed by atoms with van der Waals surface area (Å²) in [5.74, 6) is 0.455. The van der Waals surface area contributed by atoms with Gasteiger partial charge in [0.2, 0.25) is 5.91 Å². The van der Waals surface area contributed by atoms with E-state index in [-0.39, 0.29) is 5.91 Å². The van der Waals surface area contributed by atoms with Gasteiger partial charge in [0.05, 0.1) is 18.8 Å². The molecule has 0 radical (unpaired) electrons. The van der Waals surface area contributed by atoms with Crippen molar-refractivity contribution < 1.29 is 4.79 Å². The summed E-state index contributed by atoms with van der Waals surface area (Å²) in [5.41, 5.74) is 6.86. The van der Waals surface area contributed by atoms with Crippen LogP contribution in [0.25, 0.3) is 0 Å². The average Bonchev–Trinajstić information content (AvgIpc) is 2.89. The molecule has 0 aliphatic carbocycles. The molecule has 0 fully saturated rings. The van der Waals surface area contributed by atoms with Gasteiger partial charge < -0.3 is 11.1 Å². The van der Waals surface area contributed by atoms with E-state index in [1.807, 2.05) is 31.2 Å². The van der Waals surface area contributed by atoms with Crippen LogP contribution >= 0.6 is 11.6 Å². The van der Waals surface area contributed by atoms with Gasteiger partial charge in [-0.15, -0.1) is 0 Å². The fourth-order valence-corrected chi connectivity index (χ4v) is 2.11. The summed E-state index contributed by atoms with van der Waals surface area (Å²) >= 11 is 5.86. The van der Waals surface area contributed by atoms with E-state index in [2.05, 4.69) is 10.4 Å². The molecule has 0 saturated heterocycles. The van der Waals surface area contributed by atoms with E-state index in [0.717, 1.165) is 12.0 Å². The zero-order valence-electron chi connectivity index (χ0n) is 11.9. The molecule has 0 aliphatic rings. The molecule has 21 heavy (non-hydrogen) atoms. The smallest absolute Gasteiger partial charge is 0.242 e. The second-order valence-corrected chi connectivity index (χ2v) is 5.32. The molecule has 2 aromatic rings. The molecule has 0 spiro atoms. The lowest BCUT2D eigenvalue weighted by Crippen LogP contribution is -2.36. The van der Waals surface area contributed by atoms with Crippen molar-refractivity contribution in [1.82, 2.24) is 9.78 Å². The highest BCUT2D eigenvalue weighted by Gasteiger charge is 2.14. The number of halogens is 1. The third kappa shape index (κ3) is 4.31. The molecule has 1 heterocycles. The molecule has 0 aliphatic heterocycles. The van der Waals surface area contributed by atoms with Crippen molar-refractivity contribution >= 4 is 23.3 Å². The Morgan fingerprint density at radius 2 is 2.10 bits per heavy atom. The first-order chi connectivity index (χ1) is 10.1. The van der Waals surface area contributed by atoms with E-state index in [1.54, 1.807) is 16.9 Å². The summed E-state index contributed by atoms with van der Waals surface area (Å²) in [6.45, 7) is 2.56. The number of carbonyl (C=O) groups is 1. The van der Waals surface area contributed by atoms with Crippen LogP contribution < -0.4 is 11.1 Å². The number of nitrogens with one attached hydrogen (secondary N) is 1. The predicted molar refractivity (Wildman–Crippen MR) is 84.3 cm³/mol. The number of benzene rings is 1. The Kier molecular flexibility index (Phi) is 5.36. The van der Waals surface area contributed by atoms with Gasteiger partial charge in [-0.2, -0.15) is 5.10 Å². The molecule has 6 heteroatoms. The van der Waals surface area contributed by atoms with Crippen LogP contribution in [-0.2, 0) is 11.3 Å². The first-order valence-corrected chi connectivity index (χ1v) is 7.30. The van der Waals surface area contributed by atoms with E-state index < -0.39 is 6.04 Å². The summed E-state index contributed by atoms with van der Waals surface area (Å²) in [5, 5.41) is 7.73. The van der Waals surface area contributed by atoms with Crippen LogP contribution in [0.3, 0.4) is 0 Å². The molecular formula is C15H19ClN4O. The molecule has 1 unspecified atom stereocenters. The van der Waals surface area contributed by atoms with Gasteiger partial charge >= 0.3 is 0 Å².